The van der Waals surface area contributed by atoms with Gasteiger partial charge in [-0.25, -0.2) is 0 Å². The first-order valence-corrected chi connectivity index (χ1v) is 21.2. The van der Waals surface area contributed by atoms with E-state index in [0.717, 1.165) is 49.6 Å². The zero-order valence-corrected chi connectivity index (χ0v) is 34.7. The fraction of sp³-hybridized carbons (Fsp3) is 0.864. The largest absolute Gasteiger partial charge is 1.00 e. The van der Waals surface area contributed by atoms with Crippen molar-refractivity contribution >= 4 is 11.9 Å². The molecule has 0 fully saturated rings. The first-order chi connectivity index (χ1) is 23.8. The smallest absolute Gasteiger partial charge is 0.306 e. The van der Waals surface area contributed by atoms with Crippen LogP contribution in [0.4, 0.5) is 0 Å². The van der Waals surface area contributed by atoms with Crippen molar-refractivity contribution < 1.29 is 36.0 Å². The molecule has 0 aromatic carbocycles. The number of nitrogens with zero attached hydrogens (tertiary/aromatic N) is 1. The Labute approximate surface area is 318 Å². The van der Waals surface area contributed by atoms with E-state index < -0.39 is 0 Å². The molecule has 6 heteroatoms. The highest BCUT2D eigenvalue weighted by Gasteiger charge is 2.18. The third kappa shape index (κ3) is 41.1. The monoisotopic (exact) mass is 726 g/mol. The molecule has 0 aromatic rings. The summed E-state index contributed by atoms with van der Waals surface area (Å²) in [6.45, 7) is 5.71. The Kier molecular flexibility index (Phi) is 39.5. The summed E-state index contributed by atoms with van der Waals surface area (Å²) in [7, 11) is 6.51. The molecule has 0 aliphatic heterocycles. The summed E-state index contributed by atoms with van der Waals surface area (Å²) in [6.07, 6.45) is 43.9. The summed E-state index contributed by atoms with van der Waals surface area (Å²) in [4.78, 5) is 25.1. The van der Waals surface area contributed by atoms with Crippen molar-refractivity contribution in [2.75, 3.05) is 34.3 Å². The summed E-state index contributed by atoms with van der Waals surface area (Å²) < 4.78 is 12.3. The molecule has 296 valence electrons. The maximum absolute atomic E-state index is 12.6. The minimum atomic E-state index is -0.347. The molecular formula is C44H84ClNO4. The van der Waals surface area contributed by atoms with E-state index in [4.69, 9.17) is 9.47 Å². The van der Waals surface area contributed by atoms with E-state index in [1.54, 1.807) is 0 Å². The van der Waals surface area contributed by atoms with Gasteiger partial charge in [0.05, 0.1) is 27.7 Å². The maximum atomic E-state index is 12.6. The quantitative estimate of drug-likeness (QED) is 0.0277. The van der Waals surface area contributed by atoms with Gasteiger partial charge >= 0.3 is 11.9 Å². The lowest BCUT2D eigenvalue weighted by Gasteiger charge is -2.25. The van der Waals surface area contributed by atoms with Crippen LogP contribution in [0.1, 0.15) is 206 Å². The molecule has 1 atom stereocenters. The molecule has 0 aliphatic rings. The van der Waals surface area contributed by atoms with Crippen LogP contribution in [-0.2, 0) is 19.1 Å². The summed E-state index contributed by atoms with van der Waals surface area (Å²) >= 11 is 0. The zero-order valence-electron chi connectivity index (χ0n) is 34.0. The normalized spacial score (nSPS) is 12.4. The predicted octanol–water partition coefficient (Wildman–Crippen LogP) is 10.0. The number of carbonyl (C=O) groups excluding carboxylic acids is 2. The summed E-state index contributed by atoms with van der Waals surface area (Å²) in [6, 6.07) is 0. The third-order valence-electron chi connectivity index (χ3n) is 9.37. The van der Waals surface area contributed by atoms with Crippen molar-refractivity contribution in [1.29, 1.82) is 0 Å². The third-order valence-corrected chi connectivity index (χ3v) is 9.37. The van der Waals surface area contributed by atoms with E-state index in [-0.39, 0.29) is 37.1 Å². The highest BCUT2D eigenvalue weighted by Crippen LogP contribution is 2.14. The van der Waals surface area contributed by atoms with Crippen LogP contribution in [0.2, 0.25) is 0 Å². The lowest BCUT2D eigenvalue weighted by Crippen LogP contribution is -3.00. The highest BCUT2D eigenvalue weighted by molar-refractivity contribution is 5.70. The molecule has 0 amide bonds. The predicted molar refractivity (Wildman–Crippen MR) is 212 cm³/mol. The topological polar surface area (TPSA) is 52.6 Å². The second kappa shape index (κ2) is 38.9. The van der Waals surface area contributed by atoms with Gasteiger partial charge in [0.15, 0.2) is 0 Å². The number of rotatable bonds is 37. The Morgan fingerprint density at radius 1 is 0.500 bits per heavy atom. The number of esters is 2. The number of ether oxygens (including phenoxy) is 2. The van der Waals surface area contributed by atoms with E-state index >= 15 is 0 Å². The van der Waals surface area contributed by atoms with Gasteiger partial charge in [-0.3, -0.25) is 9.59 Å². The van der Waals surface area contributed by atoms with Crippen LogP contribution < -0.4 is 12.4 Å². The van der Waals surface area contributed by atoms with Gasteiger partial charge in [-0.15, -0.1) is 0 Å². The van der Waals surface area contributed by atoms with Crippen molar-refractivity contribution in [2.24, 2.45) is 0 Å². The maximum Gasteiger partial charge on any atom is 0.306 e. The fourth-order valence-electron chi connectivity index (χ4n) is 6.15. The molecule has 50 heavy (non-hydrogen) atoms. The first kappa shape index (κ1) is 50.8. The number of hydrogen-bond acceptors (Lipinski definition) is 4. The second-order valence-corrected chi connectivity index (χ2v) is 15.6. The molecule has 0 heterocycles. The van der Waals surface area contributed by atoms with Gasteiger partial charge in [-0.2, -0.15) is 0 Å². The fourth-order valence-corrected chi connectivity index (χ4v) is 6.15. The van der Waals surface area contributed by atoms with Gasteiger partial charge in [0.1, 0.15) is 12.7 Å². The van der Waals surface area contributed by atoms with E-state index in [9.17, 15) is 9.59 Å². The summed E-state index contributed by atoms with van der Waals surface area (Å²) in [5.41, 5.74) is 0. The highest BCUT2D eigenvalue weighted by atomic mass is 35.5. The van der Waals surface area contributed by atoms with E-state index in [2.05, 4.69) is 59.3 Å². The SMILES string of the molecule is CCCCCCCCC=CCCCCCCCC(=O)OC[C@@H](CCC[N+](C)(C)C)OC(=O)CCCCCCCC=CCCCCCCCC.[Cl-]. The Balaban J connectivity index is 0. The van der Waals surface area contributed by atoms with Gasteiger partial charge < -0.3 is 26.4 Å². The molecule has 0 spiro atoms. The van der Waals surface area contributed by atoms with Crippen LogP contribution in [0.15, 0.2) is 24.3 Å². The van der Waals surface area contributed by atoms with Crippen molar-refractivity contribution in [1.82, 2.24) is 0 Å². The van der Waals surface area contributed by atoms with Crippen molar-refractivity contribution in [3.8, 4) is 0 Å². The molecule has 0 unspecified atom stereocenters. The molecule has 0 aliphatic carbocycles. The van der Waals surface area contributed by atoms with E-state index in [1.807, 2.05) is 0 Å². The Morgan fingerprint density at radius 2 is 0.860 bits per heavy atom. The van der Waals surface area contributed by atoms with Crippen LogP contribution in [-0.4, -0.2) is 56.8 Å². The first-order valence-electron chi connectivity index (χ1n) is 21.2. The van der Waals surface area contributed by atoms with Crippen LogP contribution in [0, 0.1) is 0 Å². The molecule has 0 N–H and O–H groups in total. The number of carbonyl (C=O) groups is 2. The molecule has 0 rings (SSSR count). The average molecular weight is 727 g/mol. The van der Waals surface area contributed by atoms with E-state index in [0.29, 0.717) is 12.8 Å². The second-order valence-electron chi connectivity index (χ2n) is 15.6. The summed E-state index contributed by atoms with van der Waals surface area (Å²) in [5.74, 6) is -0.316. The average Bonchev–Trinajstić information content (AvgIpc) is 3.06. The molecule has 0 aromatic heterocycles. The number of allylic oxidation sites excluding steroid dienone is 4. The van der Waals surface area contributed by atoms with Gasteiger partial charge in [0.2, 0.25) is 0 Å². The Morgan fingerprint density at radius 3 is 1.26 bits per heavy atom. The van der Waals surface area contributed by atoms with Crippen LogP contribution in [0.5, 0.6) is 0 Å². The van der Waals surface area contributed by atoms with Crippen molar-refractivity contribution in [3.05, 3.63) is 24.3 Å². The number of hydrogen-bond donors (Lipinski definition) is 0. The van der Waals surface area contributed by atoms with Gasteiger partial charge in [-0.1, -0.05) is 141 Å². The lowest BCUT2D eigenvalue weighted by atomic mass is 10.1. The number of halogens is 1. The van der Waals surface area contributed by atoms with Crippen LogP contribution in [0.3, 0.4) is 0 Å². The minimum Gasteiger partial charge on any atom is -1.00 e. The van der Waals surface area contributed by atoms with Crippen LogP contribution in [0.25, 0.3) is 0 Å². The Bertz CT molecular complexity index is 791. The minimum absolute atomic E-state index is 0. The molecule has 0 saturated heterocycles. The standard InChI is InChI=1S/C44H84NO4.ClH/c1-6-8-10-12-14-16-18-20-22-24-26-28-30-32-34-38-43(46)48-41-42(37-36-40-45(3,4)5)49-44(47)39-35-33-31-29-27-25-23-21-19-17-15-13-11-9-7-2;/h20-23,42H,6-19,24-41H2,1-5H3;1H/q+1;/p-1/t42-;/m1./s1. The Hall–Kier alpha value is -1.33. The van der Waals surface area contributed by atoms with E-state index in [1.165, 1.54) is 141 Å². The van der Waals surface area contributed by atoms with Gasteiger partial charge in [0.25, 0.3) is 0 Å². The van der Waals surface area contributed by atoms with Crippen LogP contribution >= 0.6 is 0 Å². The van der Waals surface area contributed by atoms with Gasteiger partial charge in [-0.05, 0) is 70.6 Å². The number of unbranched alkanes of at least 4 members (excludes halogenated alkanes) is 22. The molecule has 5 nitrogen and oxygen atoms in total. The zero-order chi connectivity index (χ0) is 36.1. The molecular weight excluding hydrogens is 642 g/mol. The van der Waals surface area contributed by atoms with Crippen molar-refractivity contribution in [3.63, 3.8) is 0 Å². The van der Waals surface area contributed by atoms with Crippen molar-refractivity contribution in [2.45, 2.75) is 213 Å². The lowest BCUT2D eigenvalue weighted by molar-refractivity contribution is -0.870. The summed E-state index contributed by atoms with van der Waals surface area (Å²) in [5, 5.41) is 0. The molecule has 0 saturated carbocycles. The van der Waals surface area contributed by atoms with Gasteiger partial charge in [0, 0.05) is 19.3 Å². The molecule has 0 radical (unpaired) electrons. The molecule has 0 bridgehead atoms. The number of quaternary nitrogens is 1.